The number of ether oxygens (including phenoxy) is 1. The molecule has 2 atom stereocenters. The van der Waals surface area contributed by atoms with Gasteiger partial charge in [-0.05, 0) is 119 Å². The molecule has 51 heteroatoms. The van der Waals surface area contributed by atoms with Gasteiger partial charge in [-0.3, -0.25) is 29.6 Å². The van der Waals surface area contributed by atoms with E-state index in [0.29, 0.717) is 54.4 Å². The lowest BCUT2D eigenvalue weighted by Crippen LogP contribution is -2.32. The van der Waals surface area contributed by atoms with Gasteiger partial charge >= 0.3 is 83.6 Å². The number of aliphatic carboxylic acids is 2. The van der Waals surface area contributed by atoms with Gasteiger partial charge in [0.1, 0.15) is 35.1 Å². The summed E-state index contributed by atoms with van der Waals surface area (Å²) < 4.78 is 33.2. The molecule has 2 aliphatic rings. The Bertz CT molecular complexity index is 4910. The van der Waals surface area contributed by atoms with Crippen LogP contribution in [-0.4, -0.2) is 240 Å². The summed E-state index contributed by atoms with van der Waals surface area (Å²) >= 11 is 2.41. The number of carboxylic acid groups (broad SMARTS) is 14. The minimum atomic E-state index is -1.09. The molecule has 0 spiro atoms. The predicted molar refractivity (Wildman–Crippen MR) is 411 cm³/mol. The Balaban J connectivity index is 0.000000668. The molecule has 49 nitrogen and oxygen atoms in total. The third kappa shape index (κ3) is 44.9. The van der Waals surface area contributed by atoms with Crippen LogP contribution in [0.3, 0.4) is 0 Å². The van der Waals surface area contributed by atoms with Gasteiger partial charge < -0.3 is 104 Å². The van der Waals surface area contributed by atoms with E-state index < -0.39 is 95.7 Å². The van der Waals surface area contributed by atoms with Gasteiger partial charge in [0.2, 0.25) is 29.8 Å². The van der Waals surface area contributed by atoms with Crippen molar-refractivity contribution < 1.29 is 180 Å². The zero-order valence-electron chi connectivity index (χ0n) is 64.8. The molecule has 14 heterocycles. The second-order valence-electron chi connectivity index (χ2n) is 22.5. The largest absolute Gasteiger partial charge is 0.480 e. The number of rotatable bonds is 14. The summed E-state index contributed by atoms with van der Waals surface area (Å²) in [6, 6.07) is 16.6. The number of aromatic carboxylic acids is 12. The molecule has 0 radical (unpaired) electrons. The lowest BCUT2D eigenvalue weighted by molar-refractivity contribution is -0.904. The number of thiophene rings is 1. The van der Waals surface area contributed by atoms with Crippen LogP contribution in [0.5, 0.6) is 0 Å². The molecule has 124 heavy (non-hydrogen) atoms. The first-order chi connectivity index (χ1) is 58.4. The number of hydrogen-bond donors (Lipinski definition) is 16. The van der Waals surface area contributed by atoms with Gasteiger partial charge in [-0.15, -0.1) is 5.10 Å². The van der Waals surface area contributed by atoms with Crippen LogP contribution in [0.2, 0.25) is 0 Å². The van der Waals surface area contributed by atoms with Gasteiger partial charge in [0.15, 0.2) is 34.6 Å². The quantitative estimate of drug-likeness (QED) is 0.0367. The molecule has 0 bridgehead atoms. The maximum absolute atomic E-state index is 10.4. The minimum absolute atomic E-state index is 0.00926. The average Bonchev–Trinajstić information content (AvgIpc) is 1.73. The number of carboxylic acids is 14. The lowest BCUT2D eigenvalue weighted by atomic mass is 10.2. The van der Waals surface area contributed by atoms with Crippen LogP contribution < -0.4 is 10.0 Å². The van der Waals surface area contributed by atoms with Crippen LogP contribution in [-0.2, 0) is 26.2 Å². The summed E-state index contributed by atoms with van der Waals surface area (Å²) in [6.45, 7) is 9.16. The molecular formula is C73H74N13O36S2+. The molecule has 1 amide bonds. The zero-order valence-corrected chi connectivity index (χ0v) is 66.5. The normalized spacial score (nSPS) is 11.6. The first kappa shape index (κ1) is 105. The Labute approximate surface area is 702 Å². The summed E-state index contributed by atoms with van der Waals surface area (Å²) in [6.07, 6.45) is 18.9. The van der Waals surface area contributed by atoms with Gasteiger partial charge in [-0.2, -0.15) is 16.4 Å². The highest BCUT2D eigenvalue weighted by Crippen LogP contribution is 2.14. The predicted octanol–water partition coefficient (Wildman–Crippen LogP) is 7.66. The fourth-order valence-corrected chi connectivity index (χ4v) is 8.33. The summed E-state index contributed by atoms with van der Waals surface area (Å²) in [5.41, 5.74) is 2.74. The van der Waals surface area contributed by atoms with E-state index in [4.69, 9.17) is 85.9 Å². The van der Waals surface area contributed by atoms with E-state index in [9.17, 15) is 71.9 Å². The number of carbonyl (C=O) groups is 15. The summed E-state index contributed by atoms with van der Waals surface area (Å²) in [5, 5.41) is 145. The Morgan fingerprint density at radius 3 is 1.40 bits per heavy atom. The van der Waals surface area contributed by atoms with Gasteiger partial charge in [0.25, 0.3) is 0 Å². The van der Waals surface area contributed by atoms with Crippen LogP contribution >= 0.6 is 22.9 Å². The highest BCUT2D eigenvalue weighted by molar-refractivity contribution is 7.08. The van der Waals surface area contributed by atoms with Gasteiger partial charge in [0, 0.05) is 96.5 Å². The first-order valence-electron chi connectivity index (χ1n) is 33.5. The van der Waals surface area contributed by atoms with E-state index in [1.54, 1.807) is 64.6 Å². The van der Waals surface area contributed by atoms with E-state index in [1.807, 2.05) is 0 Å². The third-order valence-corrected chi connectivity index (χ3v) is 14.4. The molecule has 658 valence electrons. The number of pyridine rings is 2. The van der Waals surface area contributed by atoms with Crippen LogP contribution in [0, 0.1) is 34.6 Å². The average molecular weight is 1770 g/mol. The van der Waals surface area contributed by atoms with Crippen molar-refractivity contribution in [3.05, 3.63) is 266 Å². The van der Waals surface area contributed by atoms with Crippen molar-refractivity contribution in [2.45, 2.75) is 72.4 Å². The van der Waals surface area contributed by atoms with E-state index in [-0.39, 0.29) is 68.2 Å². The van der Waals surface area contributed by atoms with Crippen LogP contribution in [0.15, 0.2) is 192 Å². The summed E-state index contributed by atoms with van der Waals surface area (Å²) in [7, 11) is 1.71. The molecule has 2 aliphatic heterocycles. The zero-order chi connectivity index (χ0) is 93.6. The topological polar surface area (TPSA) is 784 Å². The van der Waals surface area contributed by atoms with Gasteiger partial charge in [-0.25, -0.2) is 77.1 Å². The SMILES string of the molecule is Cc1cc(C(=O)O)c(C)o1.Cc1cc(C(=O)O)nn1C.Cc1cc(C(=O)O)no1.Cc1cnc(C(=O)O)cn1.O=C(O)C1CCCO1.O=C(O)c1cc[n+](O)cc1.O=C(O)c1cccnc1.O=C(O)c1ccco1.O=C(O)c1ccno1.O=C(O)c1ccoc1.O=C(O)c1ccsc1.O=C(O)c1cnccn1.O=C(O)c1csnn1.O=C1CCC(C(=O)O)N1. The van der Waals surface area contributed by atoms with Crippen molar-refractivity contribution in [3.63, 3.8) is 0 Å². The molecule has 16 N–H and O–H groups in total. The fraction of sp³-hybridized carbons (Fsp3) is 0.178. The van der Waals surface area contributed by atoms with Crippen molar-refractivity contribution in [2.75, 3.05) is 6.61 Å². The van der Waals surface area contributed by atoms with Crippen molar-refractivity contribution in [1.82, 2.24) is 59.9 Å². The van der Waals surface area contributed by atoms with Crippen LogP contribution in [0.4, 0.5) is 0 Å². The van der Waals surface area contributed by atoms with Crippen molar-refractivity contribution in [3.8, 4) is 0 Å². The smallest absolute Gasteiger partial charge is 0.374 e. The number of nitrogens with one attached hydrogen (secondary N) is 1. The Morgan fingerprint density at radius 1 is 0.516 bits per heavy atom. The second kappa shape index (κ2) is 57.1. The molecule has 12 aromatic rings. The first-order valence-corrected chi connectivity index (χ1v) is 35.3. The Morgan fingerprint density at radius 2 is 1.13 bits per heavy atom. The summed E-state index contributed by atoms with van der Waals surface area (Å²) in [4.78, 5) is 170. The third-order valence-electron chi connectivity index (χ3n) is 13.2. The van der Waals surface area contributed by atoms with Crippen LogP contribution in [0.25, 0.3) is 0 Å². The standard InChI is InChI=1S/C7H8O3.C6H8N2O2.C6H6N2O2.C6H5NO3.C6H5NO2.C5H4N2O2.C5H5NO3.C5H7NO3.C5H4O3.C5H8O3.C5H4O3.C5H4O2S.C4H3NO3.C3H2N2O2S/c1-4-3-6(7(8)9)5(2)10-4;1-4-3-5(6(9)10)7-8(4)2;1-4-2-8-5(3-7-4)6(9)10;8-6(9)5-1-3-7(10)4-2-5;8-6(9)5-2-1-3-7-4-5;8-5(9)4-3-6-1-2-7-4;1-3-2-4(5(7)8)6-9-3;7-4-2-1-3(6-4)5(8)9;6-5(7)4-1-2-8-3-4;2*6-5(7)4-2-1-3-8-4;6-5(7)4-1-2-8-3-4;6-4(7)3-1-2-5-8-3;6-3(7)2-1-8-5-4-2/h3H,1-2H3,(H,8,9);3H,1-2H3,(H,9,10);2-3H,1H3,(H,9,10);1-4H,(H-,8,9,10);1-4H,(H,8,9);1-3H,(H,8,9);2H,1H3,(H,7,8);3H,1-2H2,(H,6,7)(H,8,9);1-3H,(H,6,7);4H,1-3H2,(H,6,7);2*1-3H,(H,6,7);1-2H,(H,6,7);1H,(H,6,7)/p+1. The molecule has 12 aromatic heterocycles. The number of carbonyl (C=O) groups excluding carboxylic acids is 1. The number of aryl methyl sites for hydroxylation is 6. The lowest BCUT2D eigenvalue weighted by Gasteiger charge is -1.99. The van der Waals surface area contributed by atoms with Crippen molar-refractivity contribution in [1.29, 1.82) is 0 Å². The van der Waals surface area contributed by atoms with E-state index >= 15 is 0 Å². The van der Waals surface area contributed by atoms with Gasteiger partial charge in [0.05, 0.1) is 59.1 Å². The molecular weight excluding hydrogens is 1700 g/mol. The van der Waals surface area contributed by atoms with Crippen LogP contribution in [0.1, 0.15) is 180 Å². The number of nitrogens with zero attached hydrogens (tertiary/aromatic N) is 12. The maximum Gasteiger partial charge on any atom is 0.374 e. The van der Waals surface area contributed by atoms with Crippen molar-refractivity contribution in [2.24, 2.45) is 7.05 Å². The maximum atomic E-state index is 10.4. The molecule has 2 unspecified atom stereocenters. The second-order valence-corrected chi connectivity index (χ2v) is 23.8. The molecule has 0 aliphatic carbocycles. The molecule has 0 saturated carbocycles. The Hall–Kier alpha value is -17.0. The fourth-order valence-electron chi connectivity index (χ4n) is 7.27. The van der Waals surface area contributed by atoms with Crippen molar-refractivity contribution >= 4 is 112 Å². The number of aromatic nitrogens is 12. The molecule has 0 aromatic carbocycles. The summed E-state index contributed by atoms with van der Waals surface area (Å²) in [5.74, 6) is -12.5. The van der Waals surface area contributed by atoms with E-state index in [1.165, 1.54) is 163 Å². The minimum Gasteiger partial charge on any atom is -0.480 e. The van der Waals surface area contributed by atoms with Gasteiger partial charge in [-0.1, -0.05) is 14.8 Å². The van der Waals surface area contributed by atoms with E-state index in [2.05, 4.69) is 73.1 Å². The highest BCUT2D eigenvalue weighted by atomic mass is 32.1. The number of hydrogen-bond acceptors (Lipinski definition) is 34. The molecule has 14 rings (SSSR count). The van der Waals surface area contributed by atoms with E-state index in [0.717, 1.165) is 28.4 Å². The molecule has 2 fully saturated rings. The number of furan rings is 3. The highest BCUT2D eigenvalue weighted by Gasteiger charge is 2.26. The number of amides is 1. The molecule has 2 saturated heterocycles. The monoisotopic (exact) mass is 1770 g/mol. The Kier molecular flexibility index (Phi) is 48.4.